The second kappa shape index (κ2) is 10.9. The monoisotopic (exact) mass is 474 g/mol. The summed E-state index contributed by atoms with van der Waals surface area (Å²) < 4.78 is 6.04. The summed E-state index contributed by atoms with van der Waals surface area (Å²) in [5.41, 5.74) is 6.32. The average molecular weight is 474 g/mol. The summed E-state index contributed by atoms with van der Waals surface area (Å²) >= 11 is 0. The molecule has 12 nitrogen and oxygen atoms in total. The molecule has 35 heavy (non-hydrogen) atoms. The topological polar surface area (TPSA) is 146 Å². The number of carbonyl (C=O) groups is 2. The molecule has 178 valence electrons. The molecule has 2 aromatic heterocycles. The van der Waals surface area contributed by atoms with E-state index in [0.717, 1.165) is 15.8 Å². The number of ether oxygens (including phenoxy) is 1. The first-order valence-electron chi connectivity index (χ1n) is 10.6. The molecule has 0 unspecified atom stereocenters. The van der Waals surface area contributed by atoms with E-state index in [1.54, 1.807) is 24.3 Å². The standard InChI is InChI=1S/C23H22N8O4/c1-35-14-13-30-20(32)12-11-19(27-30)23(34)26-25-22(33)18-9-7-16(8-10-18)15-31-28-21(24-29-31)17-5-3-2-4-6-17/h2-12H,13-15H2,1H3,(H,25,33)(H,26,34). The molecular weight excluding hydrogens is 452 g/mol. The maximum absolute atomic E-state index is 12.4. The fourth-order valence-corrected chi connectivity index (χ4v) is 3.10. The van der Waals surface area contributed by atoms with E-state index in [1.807, 2.05) is 30.3 Å². The maximum Gasteiger partial charge on any atom is 0.290 e. The third kappa shape index (κ3) is 6.00. The minimum absolute atomic E-state index is 0.0217. The van der Waals surface area contributed by atoms with Crippen LogP contribution < -0.4 is 16.4 Å². The zero-order chi connectivity index (χ0) is 24.6. The molecule has 0 radical (unpaired) electrons. The number of carbonyl (C=O) groups excluding carboxylic acids is 2. The number of methoxy groups -OCH3 is 1. The van der Waals surface area contributed by atoms with Gasteiger partial charge in [-0.3, -0.25) is 25.2 Å². The van der Waals surface area contributed by atoms with E-state index in [9.17, 15) is 14.4 Å². The van der Waals surface area contributed by atoms with Crippen molar-refractivity contribution in [1.29, 1.82) is 0 Å². The smallest absolute Gasteiger partial charge is 0.290 e. The summed E-state index contributed by atoms with van der Waals surface area (Å²) in [4.78, 5) is 38.0. The molecular formula is C23H22N8O4. The van der Waals surface area contributed by atoms with E-state index in [1.165, 1.54) is 24.0 Å². The Kier molecular flexibility index (Phi) is 7.33. The molecule has 0 saturated carbocycles. The van der Waals surface area contributed by atoms with Crippen molar-refractivity contribution in [2.45, 2.75) is 13.1 Å². The van der Waals surface area contributed by atoms with Crippen LogP contribution in [0.1, 0.15) is 26.4 Å². The highest BCUT2D eigenvalue weighted by Gasteiger charge is 2.12. The van der Waals surface area contributed by atoms with Crippen LogP contribution in [0.15, 0.2) is 71.5 Å². The van der Waals surface area contributed by atoms with Crippen molar-refractivity contribution in [1.82, 2.24) is 40.8 Å². The molecule has 0 aliphatic carbocycles. The molecule has 0 aliphatic heterocycles. The highest BCUT2D eigenvalue weighted by molar-refractivity contribution is 5.98. The number of hydrogen-bond acceptors (Lipinski definition) is 8. The number of amides is 2. The van der Waals surface area contributed by atoms with Gasteiger partial charge in [0, 0.05) is 24.3 Å². The second-order valence-corrected chi connectivity index (χ2v) is 7.39. The van der Waals surface area contributed by atoms with Gasteiger partial charge in [-0.2, -0.15) is 9.90 Å². The van der Waals surface area contributed by atoms with E-state index in [0.29, 0.717) is 17.9 Å². The Hall–Kier alpha value is -4.71. The van der Waals surface area contributed by atoms with Gasteiger partial charge >= 0.3 is 0 Å². The third-order valence-corrected chi connectivity index (χ3v) is 4.92. The van der Waals surface area contributed by atoms with E-state index in [2.05, 4.69) is 31.4 Å². The highest BCUT2D eigenvalue weighted by atomic mass is 16.5. The number of rotatable bonds is 8. The molecule has 4 rings (SSSR count). The fraction of sp³-hybridized carbons (Fsp3) is 0.174. The van der Waals surface area contributed by atoms with Gasteiger partial charge in [0.1, 0.15) is 0 Å². The van der Waals surface area contributed by atoms with Gasteiger partial charge in [0.2, 0.25) is 5.82 Å². The maximum atomic E-state index is 12.4. The van der Waals surface area contributed by atoms with Crippen molar-refractivity contribution in [3.8, 4) is 11.4 Å². The normalized spacial score (nSPS) is 10.7. The van der Waals surface area contributed by atoms with Crippen LogP contribution in [-0.4, -0.2) is 55.5 Å². The zero-order valence-electron chi connectivity index (χ0n) is 18.8. The quantitative estimate of drug-likeness (QED) is 0.354. The Balaban J connectivity index is 1.33. The van der Waals surface area contributed by atoms with Crippen molar-refractivity contribution < 1.29 is 14.3 Å². The van der Waals surface area contributed by atoms with E-state index < -0.39 is 11.8 Å². The number of hydrogen-bond donors (Lipinski definition) is 2. The van der Waals surface area contributed by atoms with Crippen LogP contribution in [0.25, 0.3) is 11.4 Å². The predicted octanol–water partition coefficient (Wildman–Crippen LogP) is 0.666. The minimum Gasteiger partial charge on any atom is -0.383 e. The van der Waals surface area contributed by atoms with Gasteiger partial charge in [-0.05, 0) is 29.0 Å². The number of hydrazine groups is 1. The lowest BCUT2D eigenvalue weighted by Crippen LogP contribution is -2.42. The summed E-state index contributed by atoms with van der Waals surface area (Å²) in [7, 11) is 1.50. The predicted molar refractivity (Wildman–Crippen MR) is 124 cm³/mol. The molecule has 2 amide bonds. The molecule has 0 fully saturated rings. The lowest BCUT2D eigenvalue weighted by atomic mass is 10.1. The molecule has 0 bridgehead atoms. The molecule has 0 spiro atoms. The molecule has 2 heterocycles. The first-order chi connectivity index (χ1) is 17.0. The summed E-state index contributed by atoms with van der Waals surface area (Å²) in [5.74, 6) is -0.642. The first-order valence-corrected chi connectivity index (χ1v) is 10.6. The Morgan fingerprint density at radius 3 is 2.40 bits per heavy atom. The van der Waals surface area contributed by atoms with Crippen LogP contribution in [0.5, 0.6) is 0 Å². The van der Waals surface area contributed by atoms with E-state index in [4.69, 9.17) is 4.74 Å². The van der Waals surface area contributed by atoms with E-state index in [-0.39, 0.29) is 24.4 Å². The third-order valence-electron chi connectivity index (χ3n) is 4.92. The molecule has 2 aromatic carbocycles. The van der Waals surface area contributed by atoms with Gasteiger partial charge in [0.05, 0.1) is 19.7 Å². The van der Waals surface area contributed by atoms with Crippen LogP contribution in [0.2, 0.25) is 0 Å². The van der Waals surface area contributed by atoms with Gasteiger partial charge < -0.3 is 4.74 Å². The number of tetrazole rings is 1. The molecule has 0 saturated heterocycles. The molecule has 0 atom stereocenters. The van der Waals surface area contributed by atoms with E-state index >= 15 is 0 Å². The summed E-state index contributed by atoms with van der Waals surface area (Å²) in [6.45, 7) is 0.849. The zero-order valence-corrected chi connectivity index (χ0v) is 18.8. The average Bonchev–Trinajstić information content (AvgIpc) is 3.36. The first kappa shape index (κ1) is 23.4. The van der Waals surface area contributed by atoms with Gasteiger partial charge in [0.25, 0.3) is 17.4 Å². The second-order valence-electron chi connectivity index (χ2n) is 7.39. The SMILES string of the molecule is COCCn1nc(C(=O)NNC(=O)c2ccc(Cn3nnc(-c4ccccc4)n3)cc2)ccc1=O. The van der Waals surface area contributed by atoms with Gasteiger partial charge in [-0.15, -0.1) is 10.2 Å². The minimum atomic E-state index is -0.660. The summed E-state index contributed by atoms with van der Waals surface area (Å²) in [6.07, 6.45) is 0. The Morgan fingerprint density at radius 1 is 0.914 bits per heavy atom. The highest BCUT2D eigenvalue weighted by Crippen LogP contribution is 2.12. The van der Waals surface area contributed by atoms with Crippen LogP contribution in [0.4, 0.5) is 0 Å². The Morgan fingerprint density at radius 2 is 1.66 bits per heavy atom. The molecule has 2 N–H and O–H groups in total. The van der Waals surface area contributed by atoms with Crippen LogP contribution >= 0.6 is 0 Å². The van der Waals surface area contributed by atoms with Crippen molar-refractivity contribution in [3.63, 3.8) is 0 Å². The summed E-state index contributed by atoms with van der Waals surface area (Å²) in [6, 6.07) is 18.8. The Labute approximate surface area is 199 Å². The van der Waals surface area contributed by atoms with Crippen LogP contribution in [-0.2, 0) is 17.8 Å². The Bertz CT molecular complexity index is 1370. The van der Waals surface area contributed by atoms with Crippen LogP contribution in [0.3, 0.4) is 0 Å². The van der Waals surface area contributed by atoms with Crippen molar-refractivity contribution in [3.05, 3.63) is 93.9 Å². The lowest BCUT2D eigenvalue weighted by molar-refractivity contribution is 0.0842. The molecule has 4 aromatic rings. The number of nitrogens with one attached hydrogen (secondary N) is 2. The van der Waals surface area contributed by atoms with Gasteiger partial charge in [0.15, 0.2) is 5.69 Å². The molecule has 12 heteroatoms. The van der Waals surface area contributed by atoms with Gasteiger partial charge in [-0.25, -0.2) is 4.68 Å². The largest absolute Gasteiger partial charge is 0.383 e. The van der Waals surface area contributed by atoms with Crippen molar-refractivity contribution in [2.24, 2.45) is 0 Å². The fourth-order valence-electron chi connectivity index (χ4n) is 3.10. The van der Waals surface area contributed by atoms with Crippen molar-refractivity contribution >= 4 is 11.8 Å². The number of aromatic nitrogens is 6. The van der Waals surface area contributed by atoms with Gasteiger partial charge in [-0.1, -0.05) is 42.5 Å². The number of benzene rings is 2. The van der Waals surface area contributed by atoms with Crippen molar-refractivity contribution in [2.75, 3.05) is 13.7 Å². The number of nitrogens with zero attached hydrogens (tertiary/aromatic N) is 6. The van der Waals surface area contributed by atoms with Crippen LogP contribution in [0, 0.1) is 0 Å². The lowest BCUT2D eigenvalue weighted by Gasteiger charge is -2.09. The molecule has 0 aliphatic rings. The summed E-state index contributed by atoms with van der Waals surface area (Å²) in [5, 5.41) is 16.5.